The van der Waals surface area contributed by atoms with Crippen LogP contribution in [0.25, 0.3) is 0 Å². The van der Waals surface area contributed by atoms with Crippen molar-refractivity contribution < 1.29 is 23.7 Å². The number of hydrogen-bond acceptors (Lipinski definition) is 6. The molecule has 0 unspecified atom stereocenters. The van der Waals surface area contributed by atoms with Crippen LogP contribution in [0.3, 0.4) is 0 Å². The highest BCUT2D eigenvalue weighted by Crippen LogP contribution is 2.43. The smallest absolute Gasteiger partial charge is 0.190 e. The van der Waals surface area contributed by atoms with Crippen molar-refractivity contribution in [3.05, 3.63) is 0 Å². The Bertz CT molecular complexity index is 369. The quantitative estimate of drug-likeness (QED) is 0.673. The molecule has 3 saturated heterocycles. The van der Waals surface area contributed by atoms with Gasteiger partial charge in [-0.25, -0.2) is 0 Å². The van der Waals surface area contributed by atoms with Crippen molar-refractivity contribution in [3.63, 3.8) is 0 Å². The van der Waals surface area contributed by atoms with Crippen molar-refractivity contribution in [2.24, 2.45) is 0 Å². The van der Waals surface area contributed by atoms with E-state index in [4.69, 9.17) is 35.9 Å². The van der Waals surface area contributed by atoms with Gasteiger partial charge in [0.2, 0.25) is 0 Å². The highest BCUT2D eigenvalue weighted by Gasteiger charge is 2.60. The minimum Gasteiger partial charge on any atom is -0.342 e. The molecule has 0 saturated carbocycles. The topological polar surface area (TPSA) is 46.2 Å². The van der Waals surface area contributed by atoms with Gasteiger partial charge in [-0.05, 0) is 27.7 Å². The molecular formula is C12H18O5S. The minimum atomic E-state index is -0.674. The summed E-state index contributed by atoms with van der Waals surface area (Å²) in [6.07, 6.45) is -1.51. The average molecular weight is 274 g/mol. The summed E-state index contributed by atoms with van der Waals surface area (Å²) in [6, 6.07) is 0. The molecule has 0 bridgehead atoms. The third-order valence-electron chi connectivity index (χ3n) is 3.32. The van der Waals surface area contributed by atoms with Gasteiger partial charge in [0.05, 0.1) is 0 Å². The maximum absolute atomic E-state index is 5.92. The van der Waals surface area contributed by atoms with Crippen LogP contribution in [0.1, 0.15) is 27.7 Å². The van der Waals surface area contributed by atoms with Crippen molar-refractivity contribution in [2.45, 2.75) is 70.0 Å². The Morgan fingerprint density at radius 3 is 2.06 bits per heavy atom. The number of thiocarbonyl (C=S) groups is 1. The van der Waals surface area contributed by atoms with E-state index >= 15 is 0 Å². The van der Waals surface area contributed by atoms with Gasteiger partial charge in [-0.1, -0.05) is 12.2 Å². The summed E-state index contributed by atoms with van der Waals surface area (Å²) in [5.41, 5.74) is 0. The predicted molar refractivity (Wildman–Crippen MR) is 66.2 cm³/mol. The summed E-state index contributed by atoms with van der Waals surface area (Å²) in [5, 5.41) is 1.56. The first kappa shape index (κ1) is 12.9. The summed E-state index contributed by atoms with van der Waals surface area (Å²) >= 11 is 5.01. The van der Waals surface area contributed by atoms with E-state index in [1.54, 1.807) is 5.37 Å². The van der Waals surface area contributed by atoms with Gasteiger partial charge in [0.25, 0.3) is 0 Å². The number of hydrogen-bond donors (Lipinski definition) is 0. The molecule has 3 aliphatic rings. The molecular weight excluding hydrogens is 256 g/mol. The normalized spacial score (nSPS) is 48.6. The van der Waals surface area contributed by atoms with Crippen LogP contribution in [-0.4, -0.2) is 47.6 Å². The van der Waals surface area contributed by atoms with E-state index in [9.17, 15) is 0 Å². The Morgan fingerprint density at radius 2 is 1.39 bits per heavy atom. The molecule has 18 heavy (non-hydrogen) atoms. The van der Waals surface area contributed by atoms with E-state index in [-0.39, 0.29) is 24.4 Å². The van der Waals surface area contributed by atoms with Gasteiger partial charge in [0, 0.05) is 5.37 Å². The van der Waals surface area contributed by atoms with Gasteiger partial charge >= 0.3 is 0 Å². The fourth-order valence-electron chi connectivity index (χ4n) is 2.75. The van der Waals surface area contributed by atoms with Crippen molar-refractivity contribution in [1.29, 1.82) is 0 Å². The molecule has 0 aliphatic carbocycles. The Morgan fingerprint density at radius 1 is 0.833 bits per heavy atom. The lowest BCUT2D eigenvalue weighted by Gasteiger charge is -2.35. The molecule has 3 heterocycles. The zero-order valence-corrected chi connectivity index (χ0v) is 11.7. The van der Waals surface area contributed by atoms with Gasteiger partial charge < -0.3 is 23.7 Å². The van der Waals surface area contributed by atoms with Crippen LogP contribution in [0.4, 0.5) is 0 Å². The fourth-order valence-corrected chi connectivity index (χ4v) is 2.97. The van der Waals surface area contributed by atoms with E-state index in [0.29, 0.717) is 0 Å². The zero-order valence-electron chi connectivity index (χ0n) is 10.9. The van der Waals surface area contributed by atoms with Gasteiger partial charge in [-0.3, -0.25) is 0 Å². The van der Waals surface area contributed by atoms with Gasteiger partial charge in [-0.15, -0.1) is 0 Å². The lowest BCUT2D eigenvalue weighted by atomic mass is 10.0. The largest absolute Gasteiger partial charge is 0.342 e. The molecule has 0 aromatic rings. The van der Waals surface area contributed by atoms with Crippen LogP contribution in [0, 0.1) is 0 Å². The summed E-state index contributed by atoms with van der Waals surface area (Å²) in [7, 11) is 0. The Hall–Kier alpha value is -0.110. The Labute approximate surface area is 112 Å². The number of fused-ring (bicyclic) bond motifs is 3. The lowest BCUT2D eigenvalue weighted by Crippen LogP contribution is -2.55. The molecule has 0 N–H and O–H groups in total. The highest BCUT2D eigenvalue weighted by molar-refractivity contribution is 7.79. The van der Waals surface area contributed by atoms with E-state index in [1.807, 2.05) is 27.7 Å². The first-order valence-corrected chi connectivity index (χ1v) is 6.60. The molecule has 0 spiro atoms. The Balaban J connectivity index is 1.89. The third-order valence-corrected chi connectivity index (χ3v) is 3.59. The number of ether oxygens (including phenoxy) is 5. The van der Waals surface area contributed by atoms with Gasteiger partial charge in [0.15, 0.2) is 17.9 Å². The van der Waals surface area contributed by atoms with E-state index in [0.717, 1.165) is 0 Å². The second-order valence-corrected chi connectivity index (χ2v) is 6.04. The summed E-state index contributed by atoms with van der Waals surface area (Å²) in [4.78, 5) is 0. The van der Waals surface area contributed by atoms with Crippen molar-refractivity contribution in [1.82, 2.24) is 0 Å². The van der Waals surface area contributed by atoms with Crippen molar-refractivity contribution in [3.8, 4) is 0 Å². The fraction of sp³-hybridized carbons (Fsp3) is 0.917. The maximum Gasteiger partial charge on any atom is 0.190 e. The van der Waals surface area contributed by atoms with Crippen LogP contribution < -0.4 is 0 Å². The molecule has 3 rings (SSSR count). The number of rotatable bonds is 1. The molecule has 0 radical (unpaired) electrons. The van der Waals surface area contributed by atoms with E-state index in [1.165, 1.54) is 0 Å². The molecule has 5 nitrogen and oxygen atoms in total. The standard InChI is InChI=1S/C12H18O5S/c1-11(2)14-7-6(5-18)13-10-9(8(7)15-11)16-12(3,4)17-10/h5-10H,1-4H3/t6-,7+,8+,9-,10-/m1/s1. The van der Waals surface area contributed by atoms with Crippen molar-refractivity contribution in [2.75, 3.05) is 0 Å². The van der Waals surface area contributed by atoms with Crippen LogP contribution in [0.2, 0.25) is 0 Å². The molecule has 5 atom stereocenters. The first-order valence-electron chi connectivity index (χ1n) is 6.13. The predicted octanol–water partition coefficient (Wildman–Crippen LogP) is 1.38. The second kappa shape index (κ2) is 3.94. The lowest BCUT2D eigenvalue weighted by molar-refractivity contribution is -0.216. The molecule has 0 aromatic carbocycles. The summed E-state index contributed by atoms with van der Waals surface area (Å²) in [5.74, 6) is -1.33. The van der Waals surface area contributed by atoms with Crippen molar-refractivity contribution >= 4 is 17.6 Å². The highest BCUT2D eigenvalue weighted by atomic mass is 32.1. The molecule has 102 valence electrons. The summed E-state index contributed by atoms with van der Waals surface area (Å²) in [6.45, 7) is 7.47. The van der Waals surface area contributed by atoms with Crippen LogP contribution >= 0.6 is 12.2 Å². The molecule has 6 heteroatoms. The molecule has 3 fully saturated rings. The Kier molecular flexibility index (Phi) is 2.83. The first-order chi connectivity index (χ1) is 8.31. The third kappa shape index (κ3) is 2.01. The summed E-state index contributed by atoms with van der Waals surface area (Å²) < 4.78 is 29.1. The van der Waals surface area contributed by atoms with Gasteiger partial charge in [-0.2, -0.15) is 0 Å². The monoisotopic (exact) mass is 274 g/mol. The van der Waals surface area contributed by atoms with Crippen LogP contribution in [0.5, 0.6) is 0 Å². The van der Waals surface area contributed by atoms with E-state index in [2.05, 4.69) is 0 Å². The van der Waals surface area contributed by atoms with E-state index < -0.39 is 17.9 Å². The minimum absolute atomic E-state index is 0.218. The average Bonchev–Trinajstić information content (AvgIpc) is 2.71. The SMILES string of the molecule is CC1(C)O[C@H]2[C@@H](O1)[C@@H](C=S)O[C@@H]1OC(C)(C)O[C@@H]12. The van der Waals surface area contributed by atoms with Crippen LogP contribution in [-0.2, 0) is 23.7 Å². The van der Waals surface area contributed by atoms with Crippen LogP contribution in [0.15, 0.2) is 0 Å². The zero-order chi connectivity index (χ0) is 13.1. The molecule has 0 aromatic heterocycles. The maximum atomic E-state index is 5.92. The second-order valence-electron chi connectivity index (χ2n) is 5.77. The van der Waals surface area contributed by atoms with Gasteiger partial charge in [0.1, 0.15) is 24.4 Å². The molecule has 0 amide bonds. The molecule has 3 aliphatic heterocycles.